The minimum atomic E-state index is 0.0598. The second-order valence-corrected chi connectivity index (χ2v) is 4.33. The molecule has 0 saturated heterocycles. The van der Waals surface area contributed by atoms with E-state index in [1.165, 1.54) is 11.1 Å². The van der Waals surface area contributed by atoms with Gasteiger partial charge in [0.25, 0.3) is 0 Å². The Balaban J connectivity index is 2.12. The fourth-order valence-electron chi connectivity index (χ4n) is 2.27. The first-order chi connectivity index (χ1) is 8.33. The first-order valence-corrected chi connectivity index (χ1v) is 5.77. The number of carbonyl (C=O) groups excluding carboxylic acids is 1. The Morgan fingerprint density at radius 2 is 1.35 bits per heavy atom. The molecule has 1 aliphatic rings. The summed E-state index contributed by atoms with van der Waals surface area (Å²) in [5, 5.41) is 2.96. The monoisotopic (exact) mass is 223 g/mol. The molecule has 2 aromatic rings. The van der Waals surface area contributed by atoms with E-state index in [1.807, 2.05) is 36.4 Å². The quantitative estimate of drug-likeness (QED) is 0.731. The van der Waals surface area contributed by atoms with Gasteiger partial charge in [-0.15, -0.1) is 0 Å². The lowest BCUT2D eigenvalue weighted by Gasteiger charge is -2.17. The van der Waals surface area contributed by atoms with Gasteiger partial charge >= 0.3 is 0 Å². The van der Waals surface area contributed by atoms with Crippen LogP contribution < -0.4 is 5.32 Å². The van der Waals surface area contributed by atoms with E-state index < -0.39 is 0 Å². The fraction of sp³-hybridized carbons (Fsp3) is 0.133. The van der Waals surface area contributed by atoms with Gasteiger partial charge in [-0.05, 0) is 29.2 Å². The van der Waals surface area contributed by atoms with E-state index in [0.717, 1.165) is 17.7 Å². The molecule has 17 heavy (non-hydrogen) atoms. The van der Waals surface area contributed by atoms with E-state index >= 15 is 0 Å². The van der Waals surface area contributed by atoms with Gasteiger partial charge in [-0.1, -0.05) is 42.5 Å². The van der Waals surface area contributed by atoms with E-state index in [2.05, 4.69) is 17.4 Å². The third-order valence-electron chi connectivity index (χ3n) is 3.14. The summed E-state index contributed by atoms with van der Waals surface area (Å²) in [4.78, 5) is 11.9. The largest absolute Gasteiger partial charge is 0.326 e. The van der Waals surface area contributed by atoms with Crippen LogP contribution in [0.15, 0.2) is 48.5 Å². The summed E-state index contributed by atoms with van der Waals surface area (Å²) >= 11 is 0. The third-order valence-corrected chi connectivity index (χ3v) is 3.14. The van der Waals surface area contributed by atoms with Crippen LogP contribution in [-0.2, 0) is 17.6 Å². The zero-order valence-corrected chi connectivity index (χ0v) is 9.44. The minimum Gasteiger partial charge on any atom is -0.326 e. The van der Waals surface area contributed by atoms with Crippen molar-refractivity contribution in [1.82, 2.24) is 0 Å². The number of rotatable bonds is 0. The number of para-hydroxylation sites is 1. The molecule has 0 aliphatic carbocycles. The number of benzene rings is 2. The van der Waals surface area contributed by atoms with Gasteiger partial charge in [-0.2, -0.15) is 0 Å². The highest BCUT2D eigenvalue weighted by molar-refractivity contribution is 5.93. The van der Waals surface area contributed by atoms with Crippen molar-refractivity contribution in [2.24, 2.45) is 0 Å². The highest BCUT2D eigenvalue weighted by Crippen LogP contribution is 2.24. The SMILES string of the molecule is O=C1Cc2ccccc2Cc2ccccc2N1. The Hall–Kier alpha value is -2.09. The lowest BCUT2D eigenvalue weighted by molar-refractivity contribution is -0.115. The lowest BCUT2D eigenvalue weighted by atomic mass is 9.95. The summed E-state index contributed by atoms with van der Waals surface area (Å²) in [5.41, 5.74) is 4.48. The van der Waals surface area contributed by atoms with E-state index in [-0.39, 0.29) is 5.91 Å². The van der Waals surface area contributed by atoms with Crippen molar-refractivity contribution in [3.63, 3.8) is 0 Å². The molecule has 1 amide bonds. The highest BCUT2D eigenvalue weighted by atomic mass is 16.1. The zero-order chi connectivity index (χ0) is 11.7. The van der Waals surface area contributed by atoms with Crippen molar-refractivity contribution in [3.05, 3.63) is 65.2 Å². The first kappa shape index (κ1) is 10.1. The van der Waals surface area contributed by atoms with Crippen molar-refractivity contribution in [3.8, 4) is 0 Å². The predicted molar refractivity (Wildman–Crippen MR) is 68.0 cm³/mol. The van der Waals surface area contributed by atoms with E-state index in [0.29, 0.717) is 6.42 Å². The third kappa shape index (κ3) is 1.94. The molecular weight excluding hydrogens is 210 g/mol. The van der Waals surface area contributed by atoms with Crippen LogP contribution in [0.4, 0.5) is 5.69 Å². The van der Waals surface area contributed by atoms with E-state index in [4.69, 9.17) is 0 Å². The number of nitrogens with one attached hydrogen (secondary N) is 1. The average molecular weight is 223 g/mol. The van der Waals surface area contributed by atoms with Gasteiger partial charge in [0, 0.05) is 5.69 Å². The molecule has 0 spiro atoms. The fourth-order valence-corrected chi connectivity index (χ4v) is 2.27. The molecule has 1 aliphatic heterocycles. The maximum absolute atomic E-state index is 11.9. The van der Waals surface area contributed by atoms with Gasteiger partial charge in [0.2, 0.25) is 5.91 Å². The maximum Gasteiger partial charge on any atom is 0.228 e. The van der Waals surface area contributed by atoms with Crippen LogP contribution in [0.2, 0.25) is 0 Å². The smallest absolute Gasteiger partial charge is 0.228 e. The number of hydrogen-bond acceptors (Lipinski definition) is 1. The lowest BCUT2D eigenvalue weighted by Crippen LogP contribution is -2.19. The maximum atomic E-state index is 11.9. The molecule has 84 valence electrons. The van der Waals surface area contributed by atoms with Crippen LogP contribution in [0.5, 0.6) is 0 Å². The van der Waals surface area contributed by atoms with Crippen LogP contribution in [0, 0.1) is 0 Å². The Labute approximate surface area is 100 Å². The summed E-state index contributed by atoms with van der Waals surface area (Å²) in [7, 11) is 0. The number of carbonyl (C=O) groups is 1. The van der Waals surface area contributed by atoms with Crippen LogP contribution in [0.1, 0.15) is 16.7 Å². The first-order valence-electron chi connectivity index (χ1n) is 5.77. The molecule has 0 fully saturated rings. The molecule has 0 unspecified atom stereocenters. The van der Waals surface area contributed by atoms with Crippen molar-refractivity contribution < 1.29 is 4.79 Å². The topological polar surface area (TPSA) is 29.1 Å². The van der Waals surface area contributed by atoms with E-state index in [1.54, 1.807) is 0 Å². The number of anilines is 1. The van der Waals surface area contributed by atoms with Crippen molar-refractivity contribution in [1.29, 1.82) is 0 Å². The summed E-state index contributed by atoms with van der Waals surface area (Å²) < 4.78 is 0. The number of fused-ring (bicyclic) bond motifs is 2. The molecule has 0 bridgehead atoms. The Bertz CT molecular complexity index is 525. The second kappa shape index (κ2) is 4.06. The second-order valence-electron chi connectivity index (χ2n) is 4.33. The molecule has 1 heterocycles. The Morgan fingerprint density at radius 3 is 2.12 bits per heavy atom. The van der Waals surface area contributed by atoms with Crippen LogP contribution >= 0.6 is 0 Å². The molecule has 2 nitrogen and oxygen atoms in total. The van der Waals surface area contributed by atoms with Gasteiger partial charge in [0.1, 0.15) is 0 Å². The van der Waals surface area contributed by atoms with Crippen molar-refractivity contribution in [2.45, 2.75) is 12.8 Å². The summed E-state index contributed by atoms with van der Waals surface area (Å²) in [6.45, 7) is 0. The number of hydrogen-bond donors (Lipinski definition) is 1. The van der Waals surface area contributed by atoms with Gasteiger partial charge in [-0.25, -0.2) is 0 Å². The molecule has 3 rings (SSSR count). The van der Waals surface area contributed by atoms with Gasteiger partial charge < -0.3 is 5.32 Å². The zero-order valence-electron chi connectivity index (χ0n) is 9.44. The minimum absolute atomic E-state index is 0.0598. The van der Waals surface area contributed by atoms with Crippen LogP contribution in [0.3, 0.4) is 0 Å². The van der Waals surface area contributed by atoms with Crippen molar-refractivity contribution in [2.75, 3.05) is 5.32 Å². The molecule has 0 radical (unpaired) electrons. The summed E-state index contributed by atoms with van der Waals surface area (Å²) in [6.07, 6.45) is 1.34. The summed E-state index contributed by atoms with van der Waals surface area (Å²) in [5.74, 6) is 0.0598. The Morgan fingerprint density at radius 1 is 0.765 bits per heavy atom. The van der Waals surface area contributed by atoms with Gasteiger partial charge in [0.15, 0.2) is 0 Å². The molecular formula is C15H13NO. The predicted octanol–water partition coefficient (Wildman–Crippen LogP) is 2.77. The number of amides is 1. The molecule has 0 atom stereocenters. The average Bonchev–Trinajstić information content (AvgIpc) is 2.31. The van der Waals surface area contributed by atoms with Crippen LogP contribution in [-0.4, -0.2) is 5.91 Å². The molecule has 1 N–H and O–H groups in total. The molecule has 2 heteroatoms. The van der Waals surface area contributed by atoms with Gasteiger partial charge in [0.05, 0.1) is 6.42 Å². The molecule has 0 saturated carbocycles. The van der Waals surface area contributed by atoms with Gasteiger partial charge in [-0.3, -0.25) is 4.79 Å². The molecule has 2 aromatic carbocycles. The standard InChI is InChI=1S/C15H13NO/c17-15-10-12-6-2-1-5-11(12)9-13-7-3-4-8-14(13)16-15/h1-8H,9-10H2,(H,16,17). The highest BCUT2D eigenvalue weighted by Gasteiger charge is 2.14. The normalized spacial score (nSPS) is 14.0. The summed E-state index contributed by atoms with van der Waals surface area (Å²) in [6, 6.07) is 16.1. The van der Waals surface area contributed by atoms with Crippen LogP contribution in [0.25, 0.3) is 0 Å². The molecule has 0 aromatic heterocycles. The Kier molecular flexibility index (Phi) is 2.41. The van der Waals surface area contributed by atoms with E-state index in [9.17, 15) is 4.79 Å². The van der Waals surface area contributed by atoms with Crippen molar-refractivity contribution >= 4 is 11.6 Å².